The van der Waals surface area contributed by atoms with Crippen LogP contribution in [0.2, 0.25) is 0 Å². The first-order valence-corrected chi connectivity index (χ1v) is 12.8. The van der Waals surface area contributed by atoms with Crippen LogP contribution < -0.4 is 20.3 Å². The fourth-order valence-electron chi connectivity index (χ4n) is 3.65. The van der Waals surface area contributed by atoms with Crippen molar-refractivity contribution in [3.05, 3.63) is 47.5 Å². The number of hydrazone groups is 2. The summed E-state index contributed by atoms with van der Waals surface area (Å²) in [6, 6.07) is 9.64. The molecule has 38 heavy (non-hydrogen) atoms. The molecule has 4 N–H and O–H groups in total. The molecule has 0 spiro atoms. The predicted octanol–water partition coefficient (Wildman–Crippen LogP) is 4.62. The number of rotatable bonds is 17. The van der Waals surface area contributed by atoms with Crippen LogP contribution >= 0.6 is 0 Å². The van der Waals surface area contributed by atoms with Crippen LogP contribution in [0.25, 0.3) is 0 Å². The van der Waals surface area contributed by atoms with E-state index in [2.05, 4.69) is 21.1 Å². The number of phenols is 2. The first kappa shape index (κ1) is 30.1. The Morgan fingerprint density at radius 2 is 1.05 bits per heavy atom. The molecule has 0 aliphatic rings. The van der Waals surface area contributed by atoms with Crippen LogP contribution in [0.5, 0.6) is 23.0 Å². The van der Waals surface area contributed by atoms with E-state index in [9.17, 15) is 19.8 Å². The number of phenolic OH excluding ortho intramolecular Hbond substituents is 2. The van der Waals surface area contributed by atoms with E-state index in [0.717, 1.165) is 51.4 Å². The lowest BCUT2D eigenvalue weighted by Gasteiger charge is -2.04. The molecule has 0 aliphatic carbocycles. The largest absolute Gasteiger partial charge is 0.504 e. The van der Waals surface area contributed by atoms with Crippen LogP contribution in [0, 0.1) is 0 Å². The van der Waals surface area contributed by atoms with Gasteiger partial charge in [-0.25, -0.2) is 10.9 Å². The maximum atomic E-state index is 11.9. The summed E-state index contributed by atoms with van der Waals surface area (Å²) in [5.74, 6) is 0.538. The number of nitrogens with one attached hydrogen (secondary N) is 2. The normalized spacial score (nSPS) is 11.1. The third-order valence-electron chi connectivity index (χ3n) is 5.77. The maximum Gasteiger partial charge on any atom is 0.240 e. The monoisotopic (exact) mass is 526 g/mol. The molecule has 2 aromatic rings. The number of carbonyl (C=O) groups excluding carboxylic acids is 2. The molecule has 0 radical (unpaired) electrons. The fraction of sp³-hybridized carbons (Fsp3) is 0.429. The molecule has 0 atom stereocenters. The Morgan fingerprint density at radius 3 is 1.42 bits per heavy atom. The van der Waals surface area contributed by atoms with Crippen molar-refractivity contribution in [2.75, 3.05) is 14.2 Å². The zero-order valence-electron chi connectivity index (χ0n) is 22.1. The van der Waals surface area contributed by atoms with Gasteiger partial charge in [-0.3, -0.25) is 9.59 Å². The molecule has 2 amide bonds. The third kappa shape index (κ3) is 11.8. The molecule has 0 unspecified atom stereocenters. The SMILES string of the molecule is COc1cc(/C=N/NC(=O)CCCCCCCCCCC(=O)N/N=C/c2ccc(O)c(OC)c2)ccc1O. The number of unbranched alkanes of at least 4 members (excludes halogenated alkanes) is 7. The summed E-state index contributed by atoms with van der Waals surface area (Å²) in [7, 11) is 2.94. The van der Waals surface area contributed by atoms with Gasteiger partial charge in [0.1, 0.15) is 0 Å². The van der Waals surface area contributed by atoms with Crippen LogP contribution in [0.15, 0.2) is 46.6 Å². The number of hydrogen-bond donors (Lipinski definition) is 4. The van der Waals surface area contributed by atoms with Crippen LogP contribution in [-0.2, 0) is 9.59 Å². The fourth-order valence-corrected chi connectivity index (χ4v) is 3.65. The summed E-state index contributed by atoms with van der Waals surface area (Å²) in [5, 5.41) is 27.1. The highest BCUT2D eigenvalue weighted by Gasteiger charge is 2.04. The summed E-state index contributed by atoms with van der Waals surface area (Å²) in [6.45, 7) is 0. The zero-order valence-corrected chi connectivity index (χ0v) is 22.1. The average Bonchev–Trinajstić information content (AvgIpc) is 2.91. The van der Waals surface area contributed by atoms with Crippen molar-refractivity contribution < 1.29 is 29.3 Å². The van der Waals surface area contributed by atoms with Crippen molar-refractivity contribution in [3.63, 3.8) is 0 Å². The van der Waals surface area contributed by atoms with Crippen LogP contribution in [-0.4, -0.2) is 48.7 Å². The minimum absolute atomic E-state index is 0.0488. The van der Waals surface area contributed by atoms with Crippen molar-refractivity contribution in [2.45, 2.75) is 64.2 Å². The van der Waals surface area contributed by atoms with Crippen molar-refractivity contribution in [1.82, 2.24) is 10.9 Å². The van der Waals surface area contributed by atoms with Crippen LogP contribution in [0.3, 0.4) is 0 Å². The number of nitrogens with zero attached hydrogens (tertiary/aromatic N) is 2. The molecular formula is C28H38N4O6. The first-order chi connectivity index (χ1) is 18.4. The lowest BCUT2D eigenvalue weighted by Crippen LogP contribution is -2.16. The van der Waals surface area contributed by atoms with Gasteiger partial charge in [-0.05, 0) is 60.4 Å². The second-order valence-electron chi connectivity index (χ2n) is 8.78. The van der Waals surface area contributed by atoms with Gasteiger partial charge in [-0.15, -0.1) is 0 Å². The summed E-state index contributed by atoms with van der Waals surface area (Å²) in [4.78, 5) is 23.8. The standard InChI is InChI=1S/C28H38N4O6/c1-37-25-17-21(13-15-23(25)33)19-29-31-27(35)11-9-7-5-3-4-6-8-10-12-28(36)32-30-20-22-14-16-24(34)26(18-22)38-2/h13-20,33-34H,3-12H2,1-2H3,(H,31,35)(H,32,36)/b29-19+,30-20+. The van der Waals surface area contributed by atoms with Gasteiger partial charge in [0.15, 0.2) is 23.0 Å². The van der Waals surface area contributed by atoms with Crippen molar-refractivity contribution in [2.24, 2.45) is 10.2 Å². The number of benzene rings is 2. The Morgan fingerprint density at radius 1 is 0.684 bits per heavy atom. The van der Waals surface area contributed by atoms with Crippen molar-refractivity contribution >= 4 is 24.2 Å². The summed E-state index contributed by atoms with van der Waals surface area (Å²) in [5.41, 5.74) is 6.45. The topological polar surface area (TPSA) is 142 Å². The minimum atomic E-state index is -0.127. The molecule has 0 fully saturated rings. The lowest BCUT2D eigenvalue weighted by atomic mass is 10.1. The molecule has 206 valence electrons. The van der Waals surface area contributed by atoms with Gasteiger partial charge < -0.3 is 19.7 Å². The summed E-state index contributed by atoms with van der Waals surface area (Å²) in [6.07, 6.45) is 11.8. The van der Waals surface area contributed by atoms with E-state index in [1.807, 2.05) is 0 Å². The van der Waals surface area contributed by atoms with Gasteiger partial charge in [0.25, 0.3) is 0 Å². The Labute approximate surface area is 223 Å². The van der Waals surface area contributed by atoms with E-state index in [1.165, 1.54) is 38.8 Å². The Kier molecular flexibility index (Phi) is 13.8. The lowest BCUT2D eigenvalue weighted by molar-refractivity contribution is -0.122. The Bertz CT molecular complexity index is 1000. The van der Waals surface area contributed by atoms with Gasteiger partial charge in [-0.1, -0.05) is 38.5 Å². The predicted molar refractivity (Wildman–Crippen MR) is 147 cm³/mol. The van der Waals surface area contributed by atoms with E-state index in [4.69, 9.17) is 9.47 Å². The number of methoxy groups -OCH3 is 2. The average molecular weight is 527 g/mol. The quantitative estimate of drug-likeness (QED) is 0.135. The number of aromatic hydroxyl groups is 2. The Hall–Kier alpha value is -4.08. The van der Waals surface area contributed by atoms with E-state index in [0.29, 0.717) is 35.5 Å². The molecule has 0 saturated heterocycles. The molecule has 0 bridgehead atoms. The summed E-state index contributed by atoms with van der Waals surface area (Å²) >= 11 is 0. The van der Waals surface area contributed by atoms with Gasteiger partial charge >= 0.3 is 0 Å². The number of hydrogen-bond acceptors (Lipinski definition) is 8. The molecule has 10 nitrogen and oxygen atoms in total. The highest BCUT2D eigenvalue weighted by atomic mass is 16.5. The highest BCUT2D eigenvalue weighted by molar-refractivity contribution is 5.84. The second-order valence-corrected chi connectivity index (χ2v) is 8.78. The number of carbonyl (C=O) groups is 2. The molecule has 10 heteroatoms. The van der Waals surface area contributed by atoms with E-state index < -0.39 is 0 Å². The van der Waals surface area contributed by atoms with E-state index in [-0.39, 0.29) is 23.3 Å². The smallest absolute Gasteiger partial charge is 0.240 e. The molecule has 0 aliphatic heterocycles. The van der Waals surface area contributed by atoms with Crippen LogP contribution in [0.1, 0.15) is 75.3 Å². The molecular weight excluding hydrogens is 488 g/mol. The second kappa shape index (κ2) is 17.4. The highest BCUT2D eigenvalue weighted by Crippen LogP contribution is 2.26. The number of ether oxygens (including phenoxy) is 2. The van der Waals surface area contributed by atoms with Gasteiger partial charge in [-0.2, -0.15) is 10.2 Å². The molecule has 0 saturated carbocycles. The van der Waals surface area contributed by atoms with Crippen molar-refractivity contribution in [3.8, 4) is 23.0 Å². The van der Waals surface area contributed by atoms with E-state index in [1.54, 1.807) is 24.3 Å². The number of amides is 2. The first-order valence-electron chi connectivity index (χ1n) is 12.8. The Balaban J connectivity index is 1.44. The van der Waals surface area contributed by atoms with Crippen molar-refractivity contribution in [1.29, 1.82) is 0 Å². The van der Waals surface area contributed by atoms with Gasteiger partial charge in [0.2, 0.25) is 11.8 Å². The van der Waals surface area contributed by atoms with E-state index >= 15 is 0 Å². The zero-order chi connectivity index (χ0) is 27.6. The van der Waals surface area contributed by atoms with Gasteiger partial charge in [0, 0.05) is 12.8 Å². The minimum Gasteiger partial charge on any atom is -0.504 e. The molecule has 2 aromatic carbocycles. The molecule has 2 rings (SSSR count). The molecule has 0 heterocycles. The summed E-state index contributed by atoms with van der Waals surface area (Å²) < 4.78 is 10.1. The third-order valence-corrected chi connectivity index (χ3v) is 5.77. The molecule has 0 aromatic heterocycles. The maximum absolute atomic E-state index is 11.9. The van der Waals surface area contributed by atoms with Crippen LogP contribution in [0.4, 0.5) is 0 Å². The van der Waals surface area contributed by atoms with Gasteiger partial charge in [0.05, 0.1) is 26.6 Å².